The molecule has 5 heteroatoms. The Balaban J connectivity index is 2.89. The van der Waals surface area contributed by atoms with Gasteiger partial charge in [-0.05, 0) is 31.7 Å². The van der Waals surface area contributed by atoms with Crippen molar-refractivity contribution < 1.29 is 4.74 Å². The molecule has 1 N–H and O–H groups in total. The van der Waals surface area contributed by atoms with Crippen molar-refractivity contribution in [3.63, 3.8) is 0 Å². The van der Waals surface area contributed by atoms with Gasteiger partial charge in [0.05, 0.1) is 5.03 Å². The van der Waals surface area contributed by atoms with E-state index in [0.717, 1.165) is 17.9 Å². The van der Waals surface area contributed by atoms with E-state index in [2.05, 4.69) is 19.2 Å². The average molecular weight is 309 g/mol. The maximum absolute atomic E-state index is 6.01. The van der Waals surface area contributed by atoms with Crippen LogP contribution in [-0.2, 0) is 0 Å². The van der Waals surface area contributed by atoms with Gasteiger partial charge in [0.25, 0.3) is 0 Å². The van der Waals surface area contributed by atoms with E-state index in [9.17, 15) is 0 Å². The van der Waals surface area contributed by atoms with Crippen molar-refractivity contribution in [2.75, 3.05) is 13.2 Å². The van der Waals surface area contributed by atoms with Crippen LogP contribution < -0.4 is 10.1 Å². The number of hydrogen-bond acceptors (Lipinski definition) is 2. The molecular weight excluding hydrogens is 293 g/mol. The summed E-state index contributed by atoms with van der Waals surface area (Å²) in [6.07, 6.45) is 0. The van der Waals surface area contributed by atoms with Crippen molar-refractivity contribution in [2.24, 2.45) is 0 Å². The quantitative estimate of drug-likeness (QED) is 0.822. The van der Waals surface area contributed by atoms with Gasteiger partial charge in [-0.1, -0.05) is 41.7 Å². The van der Waals surface area contributed by atoms with Gasteiger partial charge in [-0.25, -0.2) is 0 Å². The summed E-state index contributed by atoms with van der Waals surface area (Å²) >= 11 is 17.3. The fourth-order valence-electron chi connectivity index (χ4n) is 1.58. The normalized spacial score (nSPS) is 13.5. The molecule has 0 spiro atoms. The van der Waals surface area contributed by atoms with Crippen LogP contribution in [0.15, 0.2) is 28.8 Å². The number of nitrogens with one attached hydrogen (secondary N) is 1. The molecular formula is C13H16Cl3NO. The van der Waals surface area contributed by atoms with Gasteiger partial charge in [0, 0.05) is 22.2 Å². The average Bonchev–Trinajstić information content (AvgIpc) is 2.37. The maximum atomic E-state index is 6.01. The minimum Gasteiger partial charge on any atom is -0.488 e. The zero-order valence-corrected chi connectivity index (χ0v) is 12.6. The molecule has 1 rings (SSSR count). The van der Waals surface area contributed by atoms with Crippen LogP contribution in [0.4, 0.5) is 0 Å². The molecule has 0 aromatic heterocycles. The summed E-state index contributed by atoms with van der Waals surface area (Å²) in [7, 11) is 0. The van der Waals surface area contributed by atoms with Gasteiger partial charge < -0.3 is 10.1 Å². The Morgan fingerprint density at radius 2 is 2.22 bits per heavy atom. The molecule has 0 saturated carbocycles. The van der Waals surface area contributed by atoms with Crippen LogP contribution in [0.2, 0.25) is 5.02 Å². The molecule has 1 atom stereocenters. The highest BCUT2D eigenvalue weighted by atomic mass is 35.5. The zero-order valence-electron chi connectivity index (χ0n) is 10.3. The Morgan fingerprint density at radius 1 is 1.50 bits per heavy atom. The van der Waals surface area contributed by atoms with E-state index in [0.29, 0.717) is 10.1 Å². The van der Waals surface area contributed by atoms with Gasteiger partial charge >= 0.3 is 0 Å². The lowest BCUT2D eigenvalue weighted by Crippen LogP contribution is -2.18. The van der Waals surface area contributed by atoms with E-state index >= 15 is 0 Å². The van der Waals surface area contributed by atoms with E-state index in [-0.39, 0.29) is 12.6 Å². The van der Waals surface area contributed by atoms with E-state index < -0.39 is 0 Å². The first-order valence-electron chi connectivity index (χ1n) is 5.68. The first-order valence-corrected chi connectivity index (χ1v) is 6.88. The van der Waals surface area contributed by atoms with Gasteiger partial charge in [-0.15, -0.1) is 0 Å². The zero-order chi connectivity index (χ0) is 13.5. The topological polar surface area (TPSA) is 21.3 Å². The van der Waals surface area contributed by atoms with Crippen LogP contribution >= 0.6 is 34.8 Å². The Kier molecular flexibility index (Phi) is 6.87. The second kappa shape index (κ2) is 7.90. The second-order valence-electron chi connectivity index (χ2n) is 3.81. The summed E-state index contributed by atoms with van der Waals surface area (Å²) < 4.78 is 5.63. The highest BCUT2D eigenvalue weighted by Gasteiger charge is 2.12. The molecule has 0 amide bonds. The second-order valence-corrected chi connectivity index (χ2v) is 4.95. The predicted octanol–water partition coefficient (Wildman–Crippen LogP) is 4.71. The van der Waals surface area contributed by atoms with E-state index in [1.807, 2.05) is 12.1 Å². The number of halogens is 3. The first-order chi connectivity index (χ1) is 8.58. The minimum atomic E-state index is 0.155. The van der Waals surface area contributed by atoms with Crippen LogP contribution in [-0.4, -0.2) is 13.2 Å². The lowest BCUT2D eigenvalue weighted by Gasteiger charge is -2.18. The Morgan fingerprint density at radius 3 is 2.83 bits per heavy atom. The molecule has 0 fully saturated rings. The molecule has 0 aliphatic heterocycles. The smallest absolute Gasteiger partial charge is 0.125 e. The van der Waals surface area contributed by atoms with E-state index in [4.69, 9.17) is 39.5 Å². The molecule has 2 nitrogen and oxygen atoms in total. The summed E-state index contributed by atoms with van der Waals surface area (Å²) in [4.78, 5) is 0. The third-order valence-electron chi connectivity index (χ3n) is 2.43. The molecule has 0 aliphatic rings. The first kappa shape index (κ1) is 15.6. The maximum Gasteiger partial charge on any atom is 0.125 e. The summed E-state index contributed by atoms with van der Waals surface area (Å²) in [5.74, 6) is 0.754. The van der Waals surface area contributed by atoms with Crippen molar-refractivity contribution in [3.05, 3.63) is 39.4 Å². The molecule has 0 radical (unpaired) electrons. The Labute approximate surface area is 123 Å². The minimum absolute atomic E-state index is 0.155. The third kappa shape index (κ3) is 4.69. The third-order valence-corrected chi connectivity index (χ3v) is 3.26. The molecule has 0 bridgehead atoms. The molecule has 1 aromatic rings. The fourth-order valence-corrected chi connectivity index (χ4v) is 1.88. The van der Waals surface area contributed by atoms with Crippen LogP contribution in [0.25, 0.3) is 0 Å². The summed E-state index contributed by atoms with van der Waals surface area (Å²) in [5, 5.41) is 4.45. The Bertz CT molecular complexity index is 421. The van der Waals surface area contributed by atoms with E-state index in [1.54, 1.807) is 6.07 Å². The standard InChI is InChI=1S/C13H16Cl3NO/c1-3-17-9(2)12-6-10(15)4-5-13(12)18-8-11(16)7-14/h4-7,9,17H,3,8H2,1-2H3. The number of ether oxygens (including phenoxy) is 1. The molecule has 1 aromatic carbocycles. The van der Waals surface area contributed by atoms with Crippen LogP contribution in [0, 0.1) is 0 Å². The molecule has 100 valence electrons. The van der Waals surface area contributed by atoms with E-state index in [1.165, 1.54) is 5.54 Å². The van der Waals surface area contributed by atoms with Crippen LogP contribution in [0.1, 0.15) is 25.5 Å². The number of rotatable bonds is 6. The number of benzene rings is 1. The number of hydrogen-bond donors (Lipinski definition) is 1. The molecule has 0 saturated heterocycles. The molecule has 0 aliphatic carbocycles. The van der Waals surface area contributed by atoms with Gasteiger partial charge in [0.1, 0.15) is 12.4 Å². The van der Waals surface area contributed by atoms with Crippen molar-refractivity contribution >= 4 is 34.8 Å². The van der Waals surface area contributed by atoms with Crippen molar-refractivity contribution in [2.45, 2.75) is 19.9 Å². The van der Waals surface area contributed by atoms with Crippen LogP contribution in [0.5, 0.6) is 5.75 Å². The van der Waals surface area contributed by atoms with Gasteiger partial charge in [0.2, 0.25) is 0 Å². The van der Waals surface area contributed by atoms with Gasteiger partial charge in [-0.2, -0.15) is 0 Å². The van der Waals surface area contributed by atoms with Gasteiger partial charge in [0.15, 0.2) is 0 Å². The van der Waals surface area contributed by atoms with Crippen molar-refractivity contribution in [3.8, 4) is 5.75 Å². The van der Waals surface area contributed by atoms with Gasteiger partial charge in [-0.3, -0.25) is 0 Å². The van der Waals surface area contributed by atoms with Crippen molar-refractivity contribution in [1.82, 2.24) is 5.32 Å². The summed E-state index contributed by atoms with van der Waals surface area (Å²) in [6.45, 7) is 5.23. The van der Waals surface area contributed by atoms with Crippen LogP contribution in [0.3, 0.4) is 0 Å². The molecule has 1 unspecified atom stereocenters. The highest BCUT2D eigenvalue weighted by Crippen LogP contribution is 2.28. The SMILES string of the molecule is CCNC(C)c1cc(Cl)ccc1OCC(Cl)=CCl. The summed E-state index contributed by atoms with van der Waals surface area (Å²) in [6, 6.07) is 5.67. The lowest BCUT2D eigenvalue weighted by molar-refractivity contribution is 0.351. The monoisotopic (exact) mass is 307 g/mol. The lowest BCUT2D eigenvalue weighted by atomic mass is 10.1. The largest absolute Gasteiger partial charge is 0.488 e. The summed E-state index contributed by atoms with van der Waals surface area (Å²) in [5.41, 5.74) is 2.30. The molecule has 18 heavy (non-hydrogen) atoms. The Hall–Kier alpha value is -0.410. The fraction of sp³-hybridized carbons (Fsp3) is 0.385. The predicted molar refractivity (Wildman–Crippen MR) is 78.8 cm³/mol. The van der Waals surface area contributed by atoms with Crippen molar-refractivity contribution in [1.29, 1.82) is 0 Å². The molecule has 0 heterocycles. The highest BCUT2D eigenvalue weighted by molar-refractivity contribution is 6.36.